The van der Waals surface area contributed by atoms with E-state index in [4.69, 9.17) is 0 Å². The van der Waals surface area contributed by atoms with Crippen LogP contribution in [0, 0.1) is 15.5 Å². The molecule has 1 aromatic carbocycles. The van der Waals surface area contributed by atoms with Gasteiger partial charge in [0.2, 0.25) is 10.0 Å². The molecule has 0 amide bonds. The molecule has 0 radical (unpaired) electrons. The molecule has 26 heavy (non-hydrogen) atoms. The van der Waals surface area contributed by atoms with Crippen molar-refractivity contribution in [2.24, 2.45) is 5.41 Å². The topological polar surface area (TPSA) is 95.8 Å². The highest BCUT2D eigenvalue weighted by molar-refractivity contribution is 7.89. The van der Waals surface area contributed by atoms with E-state index in [-0.39, 0.29) is 28.4 Å². The highest BCUT2D eigenvalue weighted by Crippen LogP contribution is 2.27. The number of hydrogen-bond donors (Lipinski definition) is 1. The Balaban J connectivity index is 0.00000243. The molecule has 0 bridgehead atoms. The molecule has 1 unspecified atom stereocenters. The van der Waals surface area contributed by atoms with E-state index in [1.807, 2.05) is 0 Å². The molecule has 3 rings (SSSR count). The van der Waals surface area contributed by atoms with Gasteiger partial charge in [-0.1, -0.05) is 13.0 Å². The zero-order valence-electron chi connectivity index (χ0n) is 14.8. The molecule has 146 valence electrons. The van der Waals surface area contributed by atoms with E-state index >= 15 is 0 Å². The Morgan fingerprint density at radius 3 is 2.54 bits per heavy atom. The van der Waals surface area contributed by atoms with Gasteiger partial charge in [-0.25, -0.2) is 8.42 Å². The van der Waals surface area contributed by atoms with Crippen LogP contribution in [0.2, 0.25) is 0 Å². The van der Waals surface area contributed by atoms with Crippen LogP contribution >= 0.6 is 12.4 Å². The molecule has 2 saturated heterocycles. The highest BCUT2D eigenvalue weighted by atomic mass is 35.5. The zero-order chi connectivity index (χ0) is 18.1. The summed E-state index contributed by atoms with van der Waals surface area (Å²) in [5, 5.41) is 14.3. The number of hydrogen-bond acceptors (Lipinski definition) is 6. The molecule has 10 heteroatoms. The van der Waals surface area contributed by atoms with Crippen LogP contribution in [-0.4, -0.2) is 68.4 Å². The first-order chi connectivity index (χ1) is 11.8. The molecule has 1 aromatic rings. The molecular weight excluding hydrogens is 380 g/mol. The van der Waals surface area contributed by atoms with Crippen LogP contribution < -0.4 is 5.32 Å². The SMILES string of the molecule is CC1(CN2CCN(S(=O)(=O)c3cccc([N+](=O)[O-])c3)CC2)CCNC1.Cl. The summed E-state index contributed by atoms with van der Waals surface area (Å²) in [4.78, 5) is 12.6. The number of nitrogens with zero attached hydrogens (tertiary/aromatic N) is 3. The summed E-state index contributed by atoms with van der Waals surface area (Å²) in [6, 6.07) is 5.26. The number of nitro groups is 1. The normalized spacial score (nSPS) is 25.0. The van der Waals surface area contributed by atoms with E-state index in [1.54, 1.807) is 0 Å². The fourth-order valence-electron chi connectivity index (χ4n) is 3.58. The van der Waals surface area contributed by atoms with Gasteiger partial charge in [0.1, 0.15) is 0 Å². The number of rotatable bonds is 5. The lowest BCUT2D eigenvalue weighted by molar-refractivity contribution is -0.385. The third kappa shape index (κ3) is 4.52. The summed E-state index contributed by atoms with van der Waals surface area (Å²) < 4.78 is 26.9. The first-order valence-corrected chi connectivity index (χ1v) is 9.92. The van der Waals surface area contributed by atoms with E-state index in [2.05, 4.69) is 17.1 Å². The lowest BCUT2D eigenvalue weighted by Gasteiger charge is -2.38. The van der Waals surface area contributed by atoms with Crippen LogP contribution in [0.15, 0.2) is 29.2 Å². The van der Waals surface area contributed by atoms with Crippen molar-refractivity contribution in [3.05, 3.63) is 34.4 Å². The summed E-state index contributed by atoms with van der Waals surface area (Å²) >= 11 is 0. The molecule has 0 aliphatic carbocycles. The minimum Gasteiger partial charge on any atom is -0.316 e. The molecular formula is C16H25ClN4O4S. The average Bonchev–Trinajstić information content (AvgIpc) is 3.01. The Bertz CT molecular complexity index is 744. The van der Waals surface area contributed by atoms with Gasteiger partial charge >= 0.3 is 0 Å². The van der Waals surface area contributed by atoms with Gasteiger partial charge in [-0.15, -0.1) is 12.4 Å². The van der Waals surface area contributed by atoms with Gasteiger partial charge < -0.3 is 10.2 Å². The van der Waals surface area contributed by atoms with Gasteiger partial charge in [0.15, 0.2) is 0 Å². The van der Waals surface area contributed by atoms with Crippen LogP contribution in [0.4, 0.5) is 5.69 Å². The highest BCUT2D eigenvalue weighted by Gasteiger charge is 2.34. The summed E-state index contributed by atoms with van der Waals surface area (Å²) in [5.74, 6) is 0. The number of nitro benzene ring substituents is 1. The van der Waals surface area contributed by atoms with Crippen molar-refractivity contribution < 1.29 is 13.3 Å². The van der Waals surface area contributed by atoms with Crippen LogP contribution in [0.1, 0.15) is 13.3 Å². The van der Waals surface area contributed by atoms with Crippen molar-refractivity contribution in [1.29, 1.82) is 0 Å². The van der Waals surface area contributed by atoms with Crippen LogP contribution in [-0.2, 0) is 10.0 Å². The van der Waals surface area contributed by atoms with E-state index in [0.29, 0.717) is 26.2 Å². The minimum atomic E-state index is -3.69. The smallest absolute Gasteiger partial charge is 0.270 e. The summed E-state index contributed by atoms with van der Waals surface area (Å²) in [6.45, 7) is 7.46. The van der Waals surface area contributed by atoms with Crippen molar-refractivity contribution >= 4 is 28.1 Å². The van der Waals surface area contributed by atoms with Crippen LogP contribution in [0.3, 0.4) is 0 Å². The van der Waals surface area contributed by atoms with Crippen LogP contribution in [0.25, 0.3) is 0 Å². The van der Waals surface area contributed by atoms with Gasteiger partial charge in [0.25, 0.3) is 5.69 Å². The minimum absolute atomic E-state index is 0. The number of sulfonamides is 1. The molecule has 2 fully saturated rings. The maximum atomic E-state index is 12.8. The second-order valence-electron chi connectivity index (χ2n) is 7.17. The molecule has 2 aliphatic rings. The Kier molecular flexibility index (Phi) is 6.62. The number of non-ortho nitro benzene ring substituents is 1. The van der Waals surface area contributed by atoms with Gasteiger partial charge in [0.05, 0.1) is 9.82 Å². The number of nitrogens with one attached hydrogen (secondary N) is 1. The van der Waals surface area contributed by atoms with E-state index in [1.165, 1.54) is 22.5 Å². The van der Waals surface area contributed by atoms with E-state index < -0.39 is 14.9 Å². The van der Waals surface area contributed by atoms with Gasteiger partial charge in [-0.3, -0.25) is 10.1 Å². The Labute approximate surface area is 160 Å². The predicted octanol–water partition coefficient (Wildman–Crippen LogP) is 1.32. The average molecular weight is 405 g/mol. The Morgan fingerprint density at radius 2 is 1.96 bits per heavy atom. The summed E-state index contributed by atoms with van der Waals surface area (Å²) in [5.41, 5.74) is 0.0440. The van der Waals surface area contributed by atoms with Gasteiger partial charge in [-0.05, 0) is 24.4 Å². The first-order valence-electron chi connectivity index (χ1n) is 8.48. The molecule has 1 atom stereocenters. The van der Waals surface area contributed by atoms with E-state index in [0.717, 1.165) is 32.1 Å². The second-order valence-corrected chi connectivity index (χ2v) is 9.11. The molecule has 0 spiro atoms. The maximum absolute atomic E-state index is 12.8. The maximum Gasteiger partial charge on any atom is 0.270 e. The lowest BCUT2D eigenvalue weighted by atomic mass is 9.89. The van der Waals surface area contributed by atoms with Crippen LogP contribution in [0.5, 0.6) is 0 Å². The fourth-order valence-corrected chi connectivity index (χ4v) is 5.04. The lowest BCUT2D eigenvalue weighted by Crippen LogP contribution is -2.51. The fraction of sp³-hybridized carbons (Fsp3) is 0.625. The van der Waals surface area contributed by atoms with Gasteiger partial charge in [-0.2, -0.15) is 4.31 Å². The third-order valence-corrected chi connectivity index (χ3v) is 6.95. The van der Waals surface area contributed by atoms with Gasteiger partial charge in [0, 0.05) is 51.4 Å². The number of benzene rings is 1. The zero-order valence-corrected chi connectivity index (χ0v) is 16.4. The summed E-state index contributed by atoms with van der Waals surface area (Å²) in [7, 11) is -3.69. The van der Waals surface area contributed by atoms with Crippen molar-refractivity contribution in [1.82, 2.24) is 14.5 Å². The molecule has 2 heterocycles. The summed E-state index contributed by atoms with van der Waals surface area (Å²) in [6.07, 6.45) is 1.14. The third-order valence-electron chi connectivity index (χ3n) is 5.06. The van der Waals surface area contributed by atoms with Crippen molar-refractivity contribution in [2.45, 2.75) is 18.2 Å². The van der Waals surface area contributed by atoms with E-state index in [9.17, 15) is 18.5 Å². The largest absolute Gasteiger partial charge is 0.316 e. The Hall–Kier alpha value is -1.26. The number of piperazine rings is 1. The Morgan fingerprint density at radius 1 is 1.27 bits per heavy atom. The number of halogens is 1. The molecule has 0 saturated carbocycles. The monoisotopic (exact) mass is 404 g/mol. The quantitative estimate of drug-likeness (QED) is 0.587. The predicted molar refractivity (Wildman–Crippen MR) is 101 cm³/mol. The molecule has 1 N–H and O–H groups in total. The first kappa shape index (κ1) is 21.0. The molecule has 0 aromatic heterocycles. The van der Waals surface area contributed by atoms with Crippen molar-refractivity contribution in [3.8, 4) is 0 Å². The van der Waals surface area contributed by atoms with Crippen molar-refractivity contribution in [2.75, 3.05) is 45.8 Å². The molecule has 8 nitrogen and oxygen atoms in total. The molecule has 2 aliphatic heterocycles. The van der Waals surface area contributed by atoms with Crippen molar-refractivity contribution in [3.63, 3.8) is 0 Å². The standard InChI is InChI=1S/C16H24N4O4S.ClH/c1-16(5-6-17-12-16)13-18-7-9-19(10-8-18)25(23,24)15-4-2-3-14(11-15)20(21)22;/h2-4,11,17H,5-10,12-13H2,1H3;1H. The second kappa shape index (κ2) is 8.18.